The van der Waals surface area contributed by atoms with E-state index in [-0.39, 0.29) is 0 Å². The first-order chi connectivity index (χ1) is 33.1. The maximum absolute atomic E-state index is 6.43. The standard InChI is InChI=1S/C62H37N3O2/c1-2-8-41-27-46(14-13-38(41)7-1)47-15-16-49-33-56(26-21-48(49)28-47)65(54-22-17-39(18-23-54)61-63-57-34-50-29-42-9-3-5-11-44(42)31-52(50)36-59(57)66-61)55-24-19-40(20-25-55)62-64-58-35-51-30-43-10-4-6-12-45(43)32-53(51)37-60(58)67-62/h1-37H. The van der Waals surface area contributed by atoms with Crippen molar-refractivity contribution >= 4 is 104 Å². The van der Waals surface area contributed by atoms with Gasteiger partial charge in [-0.2, -0.15) is 0 Å². The van der Waals surface area contributed by atoms with E-state index in [0.29, 0.717) is 11.8 Å². The van der Waals surface area contributed by atoms with E-state index in [9.17, 15) is 0 Å². The van der Waals surface area contributed by atoms with Crippen LogP contribution in [0.2, 0.25) is 0 Å². The lowest BCUT2D eigenvalue weighted by molar-refractivity contribution is 0.620. The van der Waals surface area contributed by atoms with Gasteiger partial charge in [0.1, 0.15) is 11.0 Å². The van der Waals surface area contributed by atoms with Gasteiger partial charge in [-0.05, 0) is 197 Å². The third-order valence-corrected chi connectivity index (χ3v) is 13.3. The van der Waals surface area contributed by atoms with E-state index in [0.717, 1.165) is 77.3 Å². The highest BCUT2D eigenvalue weighted by Crippen LogP contribution is 2.40. The number of benzene rings is 12. The van der Waals surface area contributed by atoms with Gasteiger partial charge in [0.05, 0.1) is 0 Å². The molecule has 5 heteroatoms. The second-order valence-corrected chi connectivity index (χ2v) is 17.5. The fourth-order valence-corrected chi connectivity index (χ4v) is 9.85. The highest BCUT2D eigenvalue weighted by atomic mass is 16.4. The first-order valence-corrected chi connectivity index (χ1v) is 22.6. The molecule has 0 atom stereocenters. The van der Waals surface area contributed by atoms with Crippen molar-refractivity contribution in [2.45, 2.75) is 0 Å². The summed E-state index contributed by atoms with van der Waals surface area (Å²) >= 11 is 0. The van der Waals surface area contributed by atoms with Crippen LogP contribution in [0.15, 0.2) is 233 Å². The number of aromatic nitrogens is 2. The first kappa shape index (κ1) is 37.3. The maximum Gasteiger partial charge on any atom is 0.227 e. The molecule has 12 aromatic carbocycles. The molecule has 0 saturated carbocycles. The monoisotopic (exact) mass is 855 g/mol. The smallest absolute Gasteiger partial charge is 0.227 e. The van der Waals surface area contributed by atoms with Gasteiger partial charge >= 0.3 is 0 Å². The van der Waals surface area contributed by atoms with Crippen molar-refractivity contribution in [1.82, 2.24) is 9.97 Å². The van der Waals surface area contributed by atoms with Gasteiger partial charge in [0.15, 0.2) is 11.2 Å². The second-order valence-electron chi connectivity index (χ2n) is 17.5. The Kier molecular flexibility index (Phi) is 8.21. The molecule has 0 bridgehead atoms. The summed E-state index contributed by atoms with van der Waals surface area (Å²) < 4.78 is 12.9. The molecule has 67 heavy (non-hydrogen) atoms. The molecular weight excluding hydrogens is 819 g/mol. The Labute approximate surface area is 384 Å². The molecule has 0 aliphatic carbocycles. The number of oxazole rings is 2. The lowest BCUT2D eigenvalue weighted by Gasteiger charge is -2.26. The zero-order valence-corrected chi connectivity index (χ0v) is 36.0. The number of anilines is 3. The molecule has 0 aliphatic rings. The van der Waals surface area contributed by atoms with Crippen LogP contribution in [0.25, 0.3) is 121 Å². The van der Waals surface area contributed by atoms with Crippen LogP contribution >= 0.6 is 0 Å². The third-order valence-electron chi connectivity index (χ3n) is 13.3. The molecule has 0 radical (unpaired) electrons. The zero-order chi connectivity index (χ0) is 44.0. The number of rotatable bonds is 6. The summed E-state index contributed by atoms with van der Waals surface area (Å²) in [5, 5.41) is 14.2. The summed E-state index contributed by atoms with van der Waals surface area (Å²) in [6.45, 7) is 0. The summed E-state index contributed by atoms with van der Waals surface area (Å²) in [5.74, 6) is 1.18. The van der Waals surface area contributed by atoms with E-state index in [2.05, 4.69) is 229 Å². The van der Waals surface area contributed by atoms with E-state index in [1.165, 1.54) is 48.8 Å². The van der Waals surface area contributed by atoms with Crippen molar-refractivity contribution in [2.24, 2.45) is 0 Å². The van der Waals surface area contributed by atoms with Gasteiger partial charge in [-0.25, -0.2) is 9.97 Å². The summed E-state index contributed by atoms with van der Waals surface area (Å²) in [6, 6.07) is 79.8. The zero-order valence-electron chi connectivity index (χ0n) is 36.0. The molecule has 0 unspecified atom stereocenters. The first-order valence-electron chi connectivity index (χ1n) is 22.6. The van der Waals surface area contributed by atoms with Crippen molar-refractivity contribution in [3.63, 3.8) is 0 Å². The predicted molar refractivity (Wildman–Crippen MR) is 278 cm³/mol. The van der Waals surface area contributed by atoms with Crippen molar-refractivity contribution in [2.75, 3.05) is 4.90 Å². The summed E-state index contributed by atoms with van der Waals surface area (Å²) in [6.07, 6.45) is 0. The van der Waals surface area contributed by atoms with Crippen LogP contribution in [0.1, 0.15) is 0 Å². The molecule has 0 saturated heterocycles. The molecule has 2 aromatic heterocycles. The molecule has 14 rings (SSSR count). The molecule has 14 aromatic rings. The highest BCUT2D eigenvalue weighted by molar-refractivity contribution is 6.05. The number of fused-ring (bicyclic) bond motifs is 8. The Balaban J connectivity index is 0.833. The Morgan fingerprint density at radius 1 is 0.254 bits per heavy atom. The van der Waals surface area contributed by atoms with Crippen molar-refractivity contribution in [1.29, 1.82) is 0 Å². The van der Waals surface area contributed by atoms with Crippen LogP contribution in [0.5, 0.6) is 0 Å². The van der Waals surface area contributed by atoms with Crippen LogP contribution in [-0.4, -0.2) is 9.97 Å². The largest absolute Gasteiger partial charge is 0.436 e. The van der Waals surface area contributed by atoms with E-state index < -0.39 is 0 Å². The minimum absolute atomic E-state index is 0.588. The molecule has 0 N–H and O–H groups in total. The molecule has 5 nitrogen and oxygen atoms in total. The van der Waals surface area contributed by atoms with Gasteiger partial charge in [-0.15, -0.1) is 0 Å². The fraction of sp³-hybridized carbons (Fsp3) is 0. The average Bonchev–Trinajstić information content (AvgIpc) is 4.00. The van der Waals surface area contributed by atoms with Gasteiger partial charge in [-0.3, -0.25) is 0 Å². The van der Waals surface area contributed by atoms with Crippen molar-refractivity contribution in [3.8, 4) is 34.0 Å². The van der Waals surface area contributed by atoms with Crippen LogP contribution in [0, 0.1) is 0 Å². The van der Waals surface area contributed by atoms with Gasteiger partial charge in [0.25, 0.3) is 0 Å². The lowest BCUT2D eigenvalue weighted by atomic mass is 9.98. The van der Waals surface area contributed by atoms with Crippen LogP contribution in [0.4, 0.5) is 17.1 Å². The molecule has 0 aliphatic heterocycles. The second kappa shape index (κ2) is 14.7. The minimum Gasteiger partial charge on any atom is -0.436 e. The van der Waals surface area contributed by atoms with Gasteiger partial charge in [0.2, 0.25) is 11.8 Å². The van der Waals surface area contributed by atoms with Crippen LogP contribution in [0.3, 0.4) is 0 Å². The van der Waals surface area contributed by atoms with Gasteiger partial charge in [0, 0.05) is 28.2 Å². The van der Waals surface area contributed by atoms with Crippen molar-refractivity contribution < 1.29 is 8.83 Å². The molecule has 0 spiro atoms. The van der Waals surface area contributed by atoms with Crippen LogP contribution < -0.4 is 4.90 Å². The molecule has 312 valence electrons. The average molecular weight is 856 g/mol. The van der Waals surface area contributed by atoms with E-state index >= 15 is 0 Å². The summed E-state index contributed by atoms with van der Waals surface area (Å²) in [4.78, 5) is 12.2. The summed E-state index contributed by atoms with van der Waals surface area (Å²) in [7, 11) is 0. The minimum atomic E-state index is 0.588. The maximum atomic E-state index is 6.43. The van der Waals surface area contributed by atoms with E-state index in [4.69, 9.17) is 18.8 Å². The van der Waals surface area contributed by atoms with Gasteiger partial charge in [-0.1, -0.05) is 103 Å². The molecule has 2 heterocycles. The number of hydrogen-bond donors (Lipinski definition) is 0. The Bertz CT molecular complexity index is 3940. The number of nitrogens with zero attached hydrogens (tertiary/aromatic N) is 3. The van der Waals surface area contributed by atoms with E-state index in [1.54, 1.807) is 0 Å². The van der Waals surface area contributed by atoms with Crippen LogP contribution in [-0.2, 0) is 0 Å². The lowest BCUT2D eigenvalue weighted by Crippen LogP contribution is -2.09. The molecule has 0 amide bonds. The summed E-state index contributed by atoms with van der Waals surface area (Å²) in [5.41, 5.74) is 10.4. The Morgan fingerprint density at radius 3 is 1.07 bits per heavy atom. The molecular formula is C62H37N3O2. The third kappa shape index (κ3) is 6.47. The number of hydrogen-bond acceptors (Lipinski definition) is 5. The van der Waals surface area contributed by atoms with E-state index in [1.807, 2.05) is 0 Å². The quantitative estimate of drug-likeness (QED) is 0.156. The predicted octanol–water partition coefficient (Wildman–Crippen LogP) is 17.4. The fourth-order valence-electron chi connectivity index (χ4n) is 9.85. The Hall–Kier alpha value is -9.06. The SMILES string of the molecule is c1ccc2cc(-c3ccc4cc(N(c5ccc(-c6nc7cc8cc9ccccc9cc8cc7o6)cc5)c5ccc(-c6nc7cc8cc9ccccc9cc8cc7o6)cc5)ccc4c3)ccc2c1. The topological polar surface area (TPSA) is 55.3 Å². The van der Waals surface area contributed by atoms with Crippen molar-refractivity contribution in [3.05, 3.63) is 224 Å². The molecule has 0 fully saturated rings. The normalized spacial score (nSPS) is 11.9. The highest BCUT2D eigenvalue weighted by Gasteiger charge is 2.18. The van der Waals surface area contributed by atoms with Gasteiger partial charge < -0.3 is 13.7 Å². The Morgan fingerprint density at radius 2 is 0.597 bits per heavy atom.